The van der Waals surface area contributed by atoms with E-state index in [1.165, 1.54) is 18.4 Å². The highest BCUT2D eigenvalue weighted by molar-refractivity contribution is 5.80. The highest BCUT2D eigenvalue weighted by Crippen LogP contribution is 2.35. The number of benzene rings is 1. The van der Waals surface area contributed by atoms with Gasteiger partial charge in [0.15, 0.2) is 5.96 Å². The van der Waals surface area contributed by atoms with Crippen molar-refractivity contribution in [3.05, 3.63) is 29.8 Å². The van der Waals surface area contributed by atoms with E-state index in [-0.39, 0.29) is 5.91 Å². The molecule has 2 heterocycles. The van der Waals surface area contributed by atoms with Crippen LogP contribution in [-0.4, -0.2) is 81.1 Å². The van der Waals surface area contributed by atoms with Crippen LogP contribution >= 0.6 is 0 Å². The highest BCUT2D eigenvalue weighted by Gasteiger charge is 2.30. The molecule has 2 unspecified atom stereocenters. The predicted octanol–water partition coefficient (Wildman–Crippen LogP) is 1.58. The minimum Gasteiger partial charge on any atom is -0.497 e. The monoisotopic (exact) mass is 444 g/mol. The second-order valence-corrected chi connectivity index (χ2v) is 8.98. The number of hydrogen-bond acceptors (Lipinski definition) is 5. The van der Waals surface area contributed by atoms with Crippen LogP contribution in [0.5, 0.6) is 5.75 Å². The van der Waals surface area contributed by atoms with E-state index in [1.54, 1.807) is 7.11 Å². The summed E-state index contributed by atoms with van der Waals surface area (Å²) >= 11 is 0. The number of ether oxygens (including phenoxy) is 1. The maximum atomic E-state index is 11.2. The number of aliphatic imine (C=N–C) groups is 1. The van der Waals surface area contributed by atoms with Crippen LogP contribution in [0.1, 0.15) is 44.2 Å². The molecule has 2 atom stereocenters. The normalized spacial score (nSPS) is 23.7. The Morgan fingerprint density at radius 2 is 1.91 bits per heavy atom. The fourth-order valence-electron chi connectivity index (χ4n) is 4.96. The molecule has 0 saturated carbocycles. The van der Waals surface area contributed by atoms with Crippen molar-refractivity contribution in [1.82, 2.24) is 20.4 Å². The molecule has 32 heavy (non-hydrogen) atoms. The van der Waals surface area contributed by atoms with Crippen LogP contribution in [0, 0.1) is 5.92 Å². The Hall–Kier alpha value is -2.32. The van der Waals surface area contributed by atoms with Crippen LogP contribution in [0.4, 0.5) is 0 Å². The quantitative estimate of drug-likeness (QED) is 0.416. The summed E-state index contributed by atoms with van der Waals surface area (Å²) in [6.45, 7) is 6.94. The minimum atomic E-state index is -0.254. The van der Waals surface area contributed by atoms with Gasteiger partial charge in [-0.1, -0.05) is 12.1 Å². The number of carbonyl (C=O) groups is 1. The van der Waals surface area contributed by atoms with E-state index in [0.29, 0.717) is 24.5 Å². The first-order chi connectivity index (χ1) is 15.5. The molecular formula is C24H40N6O2. The highest BCUT2D eigenvalue weighted by atomic mass is 16.5. The molecule has 3 rings (SSSR count). The molecule has 1 amide bonds. The Morgan fingerprint density at radius 3 is 2.53 bits per heavy atom. The Morgan fingerprint density at radius 1 is 1.19 bits per heavy atom. The number of nitrogens with zero attached hydrogens (tertiary/aromatic N) is 3. The fraction of sp³-hybridized carbons (Fsp3) is 0.667. The minimum absolute atomic E-state index is 0.254. The van der Waals surface area contributed by atoms with Crippen molar-refractivity contribution in [2.45, 2.75) is 44.7 Å². The van der Waals surface area contributed by atoms with E-state index < -0.39 is 0 Å². The van der Waals surface area contributed by atoms with Crippen LogP contribution in [0.15, 0.2) is 29.3 Å². The number of rotatable bonds is 8. The third-order valence-corrected chi connectivity index (χ3v) is 6.60. The Labute approximate surface area is 192 Å². The van der Waals surface area contributed by atoms with Crippen molar-refractivity contribution >= 4 is 11.9 Å². The average Bonchev–Trinajstić information content (AvgIpc) is 2.79. The van der Waals surface area contributed by atoms with E-state index >= 15 is 0 Å². The standard InChI is InChI=1S/C24H40N6O2/c1-4-26-24(28-20-11-14-30(15-12-20)17-22(25)31)27-16-19-6-5-13-29(2)23(19)18-7-9-21(32-3)10-8-18/h7-10,19-20,23H,4-6,11-17H2,1-3H3,(H2,25,31)(H2,26,27,28). The zero-order valence-corrected chi connectivity index (χ0v) is 19.8. The molecule has 0 aromatic heterocycles. The molecule has 8 heteroatoms. The largest absolute Gasteiger partial charge is 0.497 e. The lowest BCUT2D eigenvalue weighted by Gasteiger charge is -2.39. The lowest BCUT2D eigenvalue weighted by Crippen LogP contribution is -2.50. The van der Waals surface area contributed by atoms with Crippen LogP contribution in [0.25, 0.3) is 0 Å². The van der Waals surface area contributed by atoms with Crippen molar-refractivity contribution in [3.8, 4) is 5.75 Å². The summed E-state index contributed by atoms with van der Waals surface area (Å²) in [5, 5.41) is 7.03. The van der Waals surface area contributed by atoms with Gasteiger partial charge < -0.3 is 21.1 Å². The average molecular weight is 445 g/mol. The van der Waals surface area contributed by atoms with Crippen LogP contribution in [-0.2, 0) is 4.79 Å². The lowest BCUT2D eigenvalue weighted by molar-refractivity contribution is -0.119. The number of methoxy groups -OCH3 is 1. The predicted molar refractivity (Wildman–Crippen MR) is 129 cm³/mol. The molecule has 2 aliphatic heterocycles. The molecule has 0 radical (unpaired) electrons. The third kappa shape index (κ3) is 6.84. The van der Waals surface area contributed by atoms with Gasteiger partial charge in [-0.2, -0.15) is 0 Å². The van der Waals surface area contributed by atoms with Gasteiger partial charge >= 0.3 is 0 Å². The molecule has 0 aliphatic carbocycles. The molecular weight excluding hydrogens is 404 g/mol. The smallest absolute Gasteiger partial charge is 0.231 e. The van der Waals surface area contributed by atoms with Crippen LogP contribution < -0.4 is 21.1 Å². The number of piperidine rings is 2. The van der Waals surface area contributed by atoms with Crippen LogP contribution in [0.3, 0.4) is 0 Å². The molecule has 0 bridgehead atoms. The van der Waals surface area contributed by atoms with Crippen molar-refractivity contribution in [1.29, 1.82) is 0 Å². The Bertz CT molecular complexity index is 745. The number of hydrogen-bond donors (Lipinski definition) is 3. The summed E-state index contributed by atoms with van der Waals surface area (Å²) in [4.78, 5) is 20.7. The summed E-state index contributed by atoms with van der Waals surface area (Å²) < 4.78 is 5.34. The number of primary amides is 1. The number of nitrogens with two attached hydrogens (primary N) is 1. The van der Waals surface area contributed by atoms with Crippen molar-refractivity contribution in [2.24, 2.45) is 16.6 Å². The van der Waals surface area contributed by atoms with Gasteiger partial charge in [0.2, 0.25) is 5.91 Å². The number of nitrogens with one attached hydrogen (secondary N) is 2. The molecule has 178 valence electrons. The molecule has 2 saturated heterocycles. The molecule has 0 spiro atoms. The van der Waals surface area contributed by atoms with Gasteiger partial charge in [0, 0.05) is 38.3 Å². The molecule has 2 aliphatic rings. The summed E-state index contributed by atoms with van der Waals surface area (Å²) in [5.74, 6) is 2.00. The first kappa shape index (κ1) is 24.3. The third-order valence-electron chi connectivity index (χ3n) is 6.60. The molecule has 1 aromatic rings. The van der Waals surface area contributed by atoms with Gasteiger partial charge in [0.1, 0.15) is 5.75 Å². The van der Waals surface area contributed by atoms with Gasteiger partial charge in [0.05, 0.1) is 13.7 Å². The zero-order chi connectivity index (χ0) is 22.9. The number of amides is 1. The topological polar surface area (TPSA) is 95.2 Å². The Balaban J connectivity index is 1.62. The van der Waals surface area contributed by atoms with Crippen LogP contribution in [0.2, 0.25) is 0 Å². The van der Waals surface area contributed by atoms with Crippen molar-refractivity contribution in [3.63, 3.8) is 0 Å². The summed E-state index contributed by atoms with van der Waals surface area (Å²) in [7, 11) is 3.92. The van der Waals surface area contributed by atoms with E-state index in [9.17, 15) is 4.79 Å². The molecule has 4 N–H and O–H groups in total. The first-order valence-electron chi connectivity index (χ1n) is 11.9. The summed E-state index contributed by atoms with van der Waals surface area (Å²) in [6, 6.07) is 9.20. The van der Waals surface area contributed by atoms with Crippen molar-refractivity contribution < 1.29 is 9.53 Å². The maximum absolute atomic E-state index is 11.2. The lowest BCUT2D eigenvalue weighted by atomic mass is 9.85. The molecule has 1 aromatic carbocycles. The fourth-order valence-corrected chi connectivity index (χ4v) is 4.96. The van der Waals surface area contributed by atoms with Gasteiger partial charge in [-0.25, -0.2) is 0 Å². The number of guanidine groups is 1. The summed E-state index contributed by atoms with van der Waals surface area (Å²) in [5.41, 5.74) is 6.66. The van der Waals surface area contributed by atoms with Crippen molar-refractivity contribution in [2.75, 3.05) is 53.4 Å². The maximum Gasteiger partial charge on any atom is 0.231 e. The number of carbonyl (C=O) groups excluding carboxylic acids is 1. The first-order valence-corrected chi connectivity index (χ1v) is 11.9. The molecule has 8 nitrogen and oxygen atoms in total. The van der Waals surface area contributed by atoms with Gasteiger partial charge in [0.25, 0.3) is 0 Å². The van der Waals surface area contributed by atoms with Gasteiger partial charge in [-0.05, 0) is 69.8 Å². The van der Waals surface area contributed by atoms with E-state index in [0.717, 1.165) is 57.3 Å². The second-order valence-electron chi connectivity index (χ2n) is 8.98. The van der Waals surface area contributed by atoms with E-state index in [4.69, 9.17) is 15.5 Å². The van der Waals surface area contributed by atoms with E-state index in [2.05, 4.69) is 46.5 Å². The van der Waals surface area contributed by atoms with E-state index in [1.807, 2.05) is 12.1 Å². The van der Waals surface area contributed by atoms with Gasteiger partial charge in [-0.15, -0.1) is 0 Å². The zero-order valence-electron chi connectivity index (χ0n) is 19.8. The second kappa shape index (κ2) is 12.1. The molecule has 2 fully saturated rings. The number of likely N-dealkylation sites (tertiary alicyclic amines) is 2. The SMILES string of the molecule is CCNC(=NCC1CCCN(C)C1c1ccc(OC)cc1)NC1CCN(CC(N)=O)CC1. The Kier molecular flexibility index (Phi) is 9.17. The summed E-state index contributed by atoms with van der Waals surface area (Å²) in [6.07, 6.45) is 4.34. The van der Waals surface area contributed by atoms with Gasteiger partial charge in [-0.3, -0.25) is 19.6 Å².